The Bertz CT molecular complexity index is 523. The highest BCUT2D eigenvalue weighted by Crippen LogP contribution is 2.58. The Morgan fingerprint density at radius 3 is 2.50 bits per heavy atom. The summed E-state index contributed by atoms with van der Waals surface area (Å²) in [6.07, 6.45) is 4.74. The van der Waals surface area contributed by atoms with E-state index >= 15 is 0 Å². The Morgan fingerprint density at radius 1 is 1.05 bits per heavy atom. The zero-order valence-electron chi connectivity index (χ0n) is 13.3. The summed E-state index contributed by atoms with van der Waals surface area (Å²) in [7, 11) is 0. The third-order valence-electron chi connectivity index (χ3n) is 6.52. The van der Waals surface area contributed by atoms with E-state index in [1.54, 1.807) is 0 Å². The summed E-state index contributed by atoms with van der Waals surface area (Å²) >= 11 is 0. The van der Waals surface area contributed by atoms with Crippen LogP contribution in [0, 0.1) is 11.8 Å². The first kappa shape index (κ1) is 14.7. The molecular weight excluding hydrogens is 276 g/mol. The first-order chi connectivity index (χ1) is 10.7. The van der Waals surface area contributed by atoms with Crippen LogP contribution in [-0.4, -0.2) is 30.2 Å². The van der Waals surface area contributed by atoms with Gasteiger partial charge in [0.1, 0.15) is 0 Å². The van der Waals surface area contributed by atoms with Crippen LogP contribution in [0.25, 0.3) is 0 Å². The maximum absolute atomic E-state index is 11.0. The molecule has 0 bridgehead atoms. The molecule has 1 heterocycles. The van der Waals surface area contributed by atoms with Crippen LogP contribution >= 0.6 is 0 Å². The van der Waals surface area contributed by atoms with E-state index in [2.05, 4.69) is 37.3 Å². The van der Waals surface area contributed by atoms with Gasteiger partial charge in [0, 0.05) is 17.8 Å². The lowest BCUT2D eigenvalue weighted by molar-refractivity contribution is -0.246. The fourth-order valence-corrected chi connectivity index (χ4v) is 5.43. The van der Waals surface area contributed by atoms with Gasteiger partial charge in [0.15, 0.2) is 5.79 Å². The van der Waals surface area contributed by atoms with Gasteiger partial charge in [-0.2, -0.15) is 0 Å². The van der Waals surface area contributed by atoms with Crippen molar-refractivity contribution in [2.24, 2.45) is 11.8 Å². The van der Waals surface area contributed by atoms with Gasteiger partial charge in [0.25, 0.3) is 0 Å². The summed E-state index contributed by atoms with van der Waals surface area (Å²) in [5.41, 5.74) is 1.17. The SMILES string of the molecule is CC1C2CCCC(O)C2(c2ccccc2)CCC12OCCO2. The number of ether oxygens (including phenoxy) is 2. The molecule has 0 aromatic heterocycles. The van der Waals surface area contributed by atoms with Gasteiger partial charge in [-0.25, -0.2) is 0 Å². The van der Waals surface area contributed by atoms with Gasteiger partial charge in [-0.1, -0.05) is 43.7 Å². The summed E-state index contributed by atoms with van der Waals surface area (Å²) in [6.45, 7) is 3.68. The Morgan fingerprint density at radius 2 is 1.77 bits per heavy atom. The Kier molecular flexibility index (Phi) is 3.55. The van der Waals surface area contributed by atoms with E-state index < -0.39 is 5.79 Å². The van der Waals surface area contributed by atoms with E-state index in [9.17, 15) is 5.11 Å². The van der Waals surface area contributed by atoms with Crippen molar-refractivity contribution in [3.8, 4) is 0 Å². The predicted molar refractivity (Wildman–Crippen MR) is 84.5 cm³/mol. The van der Waals surface area contributed by atoms with Crippen LogP contribution in [0.3, 0.4) is 0 Å². The van der Waals surface area contributed by atoms with Crippen LogP contribution in [0.4, 0.5) is 0 Å². The lowest BCUT2D eigenvalue weighted by Gasteiger charge is -2.57. The average molecular weight is 302 g/mol. The number of fused-ring (bicyclic) bond motifs is 1. The molecule has 4 unspecified atom stereocenters. The topological polar surface area (TPSA) is 38.7 Å². The second-order valence-electron chi connectivity index (χ2n) is 7.26. The Balaban J connectivity index is 1.77. The molecule has 1 N–H and O–H groups in total. The van der Waals surface area contributed by atoms with E-state index in [0.29, 0.717) is 25.0 Å². The molecule has 1 aromatic carbocycles. The van der Waals surface area contributed by atoms with Crippen LogP contribution < -0.4 is 0 Å². The molecule has 3 nitrogen and oxygen atoms in total. The maximum atomic E-state index is 11.0. The van der Waals surface area contributed by atoms with Gasteiger partial charge in [-0.05, 0) is 30.7 Å². The monoisotopic (exact) mass is 302 g/mol. The molecule has 1 aromatic rings. The number of benzene rings is 1. The van der Waals surface area contributed by atoms with Crippen LogP contribution in [0.15, 0.2) is 30.3 Å². The summed E-state index contributed by atoms with van der Waals surface area (Å²) in [6, 6.07) is 10.6. The van der Waals surface area contributed by atoms with Crippen molar-refractivity contribution in [1.82, 2.24) is 0 Å². The molecule has 0 amide bonds. The molecule has 120 valence electrons. The first-order valence-corrected chi connectivity index (χ1v) is 8.70. The molecule has 2 saturated carbocycles. The first-order valence-electron chi connectivity index (χ1n) is 8.70. The predicted octanol–water partition coefficient (Wildman–Crippen LogP) is 3.26. The van der Waals surface area contributed by atoms with Crippen molar-refractivity contribution in [3.63, 3.8) is 0 Å². The van der Waals surface area contributed by atoms with Crippen LogP contribution in [0.5, 0.6) is 0 Å². The second kappa shape index (κ2) is 5.33. The zero-order chi connectivity index (χ0) is 15.2. The minimum atomic E-state index is -0.403. The van der Waals surface area contributed by atoms with Crippen molar-refractivity contribution in [2.75, 3.05) is 13.2 Å². The zero-order valence-corrected chi connectivity index (χ0v) is 13.3. The van der Waals surface area contributed by atoms with Gasteiger partial charge >= 0.3 is 0 Å². The lowest BCUT2D eigenvalue weighted by Crippen LogP contribution is -2.60. The van der Waals surface area contributed by atoms with Gasteiger partial charge in [-0.3, -0.25) is 0 Å². The fraction of sp³-hybridized carbons (Fsp3) is 0.684. The minimum absolute atomic E-state index is 0.126. The average Bonchev–Trinajstić information content (AvgIpc) is 3.03. The van der Waals surface area contributed by atoms with Crippen molar-refractivity contribution in [1.29, 1.82) is 0 Å². The molecule has 0 radical (unpaired) electrons. The number of aliphatic hydroxyl groups excluding tert-OH is 1. The molecule has 4 atom stereocenters. The lowest BCUT2D eigenvalue weighted by atomic mass is 9.51. The fourth-order valence-electron chi connectivity index (χ4n) is 5.43. The van der Waals surface area contributed by atoms with Crippen molar-refractivity contribution >= 4 is 0 Å². The molecule has 4 rings (SSSR count). The van der Waals surface area contributed by atoms with Crippen molar-refractivity contribution < 1.29 is 14.6 Å². The van der Waals surface area contributed by atoms with E-state index in [1.807, 2.05) is 0 Å². The highest BCUT2D eigenvalue weighted by atomic mass is 16.7. The third kappa shape index (κ3) is 1.92. The molecule has 3 aliphatic rings. The molecule has 3 heteroatoms. The van der Waals surface area contributed by atoms with E-state index in [-0.39, 0.29) is 11.5 Å². The Hall–Kier alpha value is -0.900. The summed E-state index contributed by atoms with van der Waals surface area (Å²) in [5.74, 6) is 0.337. The summed E-state index contributed by atoms with van der Waals surface area (Å²) < 4.78 is 12.1. The second-order valence-corrected chi connectivity index (χ2v) is 7.26. The minimum Gasteiger partial charge on any atom is -0.392 e. The van der Waals surface area contributed by atoms with E-state index in [0.717, 1.165) is 32.1 Å². The standard InChI is InChI=1S/C19H26O3/c1-14-16-8-5-9-17(20)18(16,15-6-3-2-4-7-15)10-11-19(14)21-12-13-22-19/h2-4,6-7,14,16-17,20H,5,8-13H2,1H3. The quantitative estimate of drug-likeness (QED) is 0.865. The smallest absolute Gasteiger partial charge is 0.171 e. The van der Waals surface area contributed by atoms with Gasteiger partial charge in [0.05, 0.1) is 19.3 Å². The van der Waals surface area contributed by atoms with E-state index in [4.69, 9.17) is 9.47 Å². The molecule has 1 aliphatic heterocycles. The number of aliphatic hydroxyl groups is 1. The highest BCUT2D eigenvalue weighted by molar-refractivity contribution is 5.31. The molecule has 22 heavy (non-hydrogen) atoms. The molecular formula is C19H26O3. The third-order valence-corrected chi connectivity index (χ3v) is 6.52. The van der Waals surface area contributed by atoms with Gasteiger partial charge in [-0.15, -0.1) is 0 Å². The van der Waals surface area contributed by atoms with Crippen molar-refractivity contribution in [2.45, 2.75) is 56.3 Å². The van der Waals surface area contributed by atoms with Gasteiger partial charge in [0.2, 0.25) is 0 Å². The van der Waals surface area contributed by atoms with Crippen LogP contribution in [0.1, 0.15) is 44.6 Å². The highest BCUT2D eigenvalue weighted by Gasteiger charge is 2.60. The van der Waals surface area contributed by atoms with Crippen LogP contribution in [-0.2, 0) is 14.9 Å². The summed E-state index contributed by atoms with van der Waals surface area (Å²) in [4.78, 5) is 0. The van der Waals surface area contributed by atoms with Crippen LogP contribution in [0.2, 0.25) is 0 Å². The number of hydrogen-bond acceptors (Lipinski definition) is 3. The van der Waals surface area contributed by atoms with Crippen molar-refractivity contribution in [3.05, 3.63) is 35.9 Å². The number of rotatable bonds is 1. The van der Waals surface area contributed by atoms with E-state index in [1.165, 1.54) is 5.56 Å². The molecule has 2 aliphatic carbocycles. The maximum Gasteiger partial charge on any atom is 0.171 e. The largest absolute Gasteiger partial charge is 0.392 e. The molecule has 3 fully saturated rings. The molecule has 1 spiro atoms. The molecule has 1 saturated heterocycles. The number of hydrogen-bond donors (Lipinski definition) is 1. The summed E-state index contributed by atoms with van der Waals surface area (Å²) in [5, 5.41) is 11.0. The van der Waals surface area contributed by atoms with Gasteiger partial charge < -0.3 is 14.6 Å². The normalized spacial score (nSPS) is 40.5. The Labute approximate surface area is 132 Å².